The van der Waals surface area contributed by atoms with Crippen LogP contribution in [0.3, 0.4) is 0 Å². The molecular formula is C8H10O4P. The van der Waals surface area contributed by atoms with Crippen molar-refractivity contribution in [2.24, 2.45) is 0 Å². The van der Waals surface area contributed by atoms with E-state index in [4.69, 9.17) is 14.5 Å². The number of rotatable bonds is 3. The second-order valence-corrected chi connectivity index (χ2v) is 3.93. The summed E-state index contributed by atoms with van der Waals surface area (Å²) in [5.41, 5.74) is 0. The van der Waals surface area contributed by atoms with E-state index >= 15 is 0 Å². The summed E-state index contributed by atoms with van der Waals surface area (Å²) in [4.78, 5) is 17.8. The van der Waals surface area contributed by atoms with Crippen LogP contribution in [0.25, 0.3) is 0 Å². The minimum Gasteiger partial charge on any atom is -0.493 e. The van der Waals surface area contributed by atoms with E-state index in [-0.39, 0.29) is 17.7 Å². The Bertz CT molecular complexity index is 331. The smallest absolute Gasteiger partial charge is 0.359 e. The third-order valence-electron chi connectivity index (χ3n) is 1.44. The fraction of sp³-hybridized carbons (Fsp3) is 0.125. The molecule has 0 aromatic heterocycles. The Morgan fingerprint density at radius 3 is 2.54 bits per heavy atom. The van der Waals surface area contributed by atoms with Crippen molar-refractivity contribution in [3.63, 3.8) is 0 Å². The number of hydrogen-bond acceptors (Lipinski definition) is 2. The van der Waals surface area contributed by atoms with Crippen LogP contribution in [0.2, 0.25) is 0 Å². The minimum absolute atomic E-state index is 0.0985. The zero-order valence-corrected chi connectivity index (χ0v) is 7.78. The predicted octanol–water partition coefficient (Wildman–Crippen LogP) is 0.702. The van der Waals surface area contributed by atoms with Crippen LogP contribution >= 0.6 is 7.60 Å². The summed E-state index contributed by atoms with van der Waals surface area (Å²) < 4.78 is 15.9. The molecule has 2 N–H and O–H groups in total. The van der Waals surface area contributed by atoms with Gasteiger partial charge in [0, 0.05) is 0 Å². The Morgan fingerprint density at radius 1 is 1.38 bits per heavy atom. The van der Waals surface area contributed by atoms with Gasteiger partial charge in [0.05, 0.1) is 6.61 Å². The second-order valence-electron chi connectivity index (χ2n) is 2.36. The number of hydrogen-bond donors (Lipinski definition) is 2. The standard InChI is InChI=1S/C8H10O4P/c1-2-12-7-5-3-4-6-8(7)13(9,10)11/h3-6H,1-2H2,(H2,9,10,11). The molecule has 0 saturated heterocycles. The van der Waals surface area contributed by atoms with Gasteiger partial charge in [-0.3, -0.25) is 4.57 Å². The first-order valence-electron chi connectivity index (χ1n) is 3.63. The first-order chi connectivity index (χ1) is 6.05. The van der Waals surface area contributed by atoms with Crippen LogP contribution in [-0.2, 0) is 4.57 Å². The molecule has 0 fully saturated rings. The SMILES string of the molecule is [CH2]COc1ccccc1P(=O)(O)O. The van der Waals surface area contributed by atoms with Gasteiger partial charge in [-0.05, 0) is 19.1 Å². The summed E-state index contributed by atoms with van der Waals surface area (Å²) in [5, 5.41) is -0.0985. The van der Waals surface area contributed by atoms with Crippen molar-refractivity contribution in [3.05, 3.63) is 31.2 Å². The normalized spacial score (nSPS) is 11.3. The molecule has 0 aliphatic rings. The van der Waals surface area contributed by atoms with Crippen LogP contribution in [0.4, 0.5) is 0 Å². The Labute approximate surface area is 76.3 Å². The van der Waals surface area contributed by atoms with Crippen LogP contribution in [-0.4, -0.2) is 16.4 Å². The fourth-order valence-electron chi connectivity index (χ4n) is 0.930. The molecular weight excluding hydrogens is 191 g/mol. The predicted molar refractivity (Wildman–Crippen MR) is 49.0 cm³/mol. The van der Waals surface area contributed by atoms with E-state index in [0.717, 1.165) is 0 Å². The maximum absolute atomic E-state index is 10.9. The molecule has 0 amide bonds. The first kappa shape index (κ1) is 10.3. The van der Waals surface area contributed by atoms with E-state index in [1.165, 1.54) is 12.1 Å². The highest BCUT2D eigenvalue weighted by molar-refractivity contribution is 7.60. The van der Waals surface area contributed by atoms with Crippen molar-refractivity contribution in [3.8, 4) is 5.75 Å². The van der Waals surface area contributed by atoms with Crippen molar-refractivity contribution >= 4 is 12.9 Å². The van der Waals surface area contributed by atoms with Gasteiger partial charge in [0.15, 0.2) is 0 Å². The lowest BCUT2D eigenvalue weighted by atomic mass is 10.3. The monoisotopic (exact) mass is 201 g/mol. The molecule has 0 bridgehead atoms. The molecule has 1 aromatic rings. The van der Waals surface area contributed by atoms with Crippen LogP contribution < -0.4 is 10.0 Å². The van der Waals surface area contributed by atoms with Gasteiger partial charge in [-0.25, -0.2) is 0 Å². The van der Waals surface area contributed by atoms with Crippen LogP contribution in [0, 0.1) is 6.92 Å². The molecule has 0 spiro atoms. The lowest BCUT2D eigenvalue weighted by Gasteiger charge is -2.10. The lowest BCUT2D eigenvalue weighted by Crippen LogP contribution is -2.09. The molecule has 0 aliphatic heterocycles. The van der Waals surface area contributed by atoms with Crippen molar-refractivity contribution < 1.29 is 19.1 Å². The molecule has 1 radical (unpaired) electrons. The molecule has 0 atom stereocenters. The second kappa shape index (κ2) is 3.92. The van der Waals surface area contributed by atoms with Gasteiger partial charge >= 0.3 is 7.60 Å². The molecule has 1 aromatic carbocycles. The van der Waals surface area contributed by atoms with Crippen LogP contribution in [0.1, 0.15) is 0 Å². The average Bonchev–Trinajstić information content (AvgIpc) is 2.04. The largest absolute Gasteiger partial charge is 0.493 e. The molecule has 0 heterocycles. The van der Waals surface area contributed by atoms with Gasteiger partial charge in [-0.15, -0.1) is 0 Å². The third-order valence-corrected chi connectivity index (χ3v) is 2.43. The zero-order valence-electron chi connectivity index (χ0n) is 6.88. The average molecular weight is 201 g/mol. The number of para-hydroxylation sites is 1. The highest BCUT2D eigenvalue weighted by atomic mass is 31.2. The highest BCUT2D eigenvalue weighted by Gasteiger charge is 2.21. The third kappa shape index (κ3) is 2.56. The Kier molecular flexibility index (Phi) is 3.09. The minimum atomic E-state index is -4.24. The van der Waals surface area contributed by atoms with E-state index < -0.39 is 7.60 Å². The van der Waals surface area contributed by atoms with Gasteiger partial charge < -0.3 is 14.5 Å². The van der Waals surface area contributed by atoms with Gasteiger partial charge in [0.2, 0.25) is 0 Å². The topological polar surface area (TPSA) is 66.8 Å². The first-order valence-corrected chi connectivity index (χ1v) is 5.24. The van der Waals surface area contributed by atoms with Crippen molar-refractivity contribution in [2.45, 2.75) is 0 Å². The molecule has 0 aliphatic carbocycles. The van der Waals surface area contributed by atoms with Gasteiger partial charge in [-0.2, -0.15) is 0 Å². The van der Waals surface area contributed by atoms with Crippen molar-refractivity contribution in [1.29, 1.82) is 0 Å². The number of benzene rings is 1. The zero-order chi connectivity index (χ0) is 9.90. The van der Waals surface area contributed by atoms with Gasteiger partial charge in [-0.1, -0.05) is 12.1 Å². The molecule has 13 heavy (non-hydrogen) atoms. The summed E-state index contributed by atoms with van der Waals surface area (Å²) in [6.07, 6.45) is 0. The maximum Gasteiger partial charge on any atom is 0.359 e. The molecule has 0 saturated carbocycles. The van der Waals surface area contributed by atoms with E-state index in [1.54, 1.807) is 12.1 Å². The van der Waals surface area contributed by atoms with Crippen LogP contribution in [0.5, 0.6) is 5.75 Å². The summed E-state index contributed by atoms with van der Waals surface area (Å²) in [6, 6.07) is 6.03. The number of ether oxygens (including phenoxy) is 1. The van der Waals surface area contributed by atoms with E-state index in [9.17, 15) is 4.57 Å². The Morgan fingerprint density at radius 2 is 2.00 bits per heavy atom. The maximum atomic E-state index is 10.9. The van der Waals surface area contributed by atoms with E-state index in [2.05, 4.69) is 6.92 Å². The fourth-order valence-corrected chi connectivity index (χ4v) is 1.64. The summed E-state index contributed by atoms with van der Waals surface area (Å²) in [6.45, 7) is 3.56. The molecule has 0 unspecified atom stereocenters. The molecule has 4 nitrogen and oxygen atoms in total. The summed E-state index contributed by atoms with van der Waals surface area (Å²) >= 11 is 0. The quantitative estimate of drug-likeness (QED) is 0.706. The van der Waals surface area contributed by atoms with E-state index in [0.29, 0.717) is 0 Å². The van der Waals surface area contributed by atoms with Crippen LogP contribution in [0.15, 0.2) is 24.3 Å². The summed E-state index contributed by atoms with van der Waals surface area (Å²) in [7, 11) is -4.24. The van der Waals surface area contributed by atoms with Crippen molar-refractivity contribution in [2.75, 3.05) is 6.61 Å². The Hall–Kier alpha value is -0.830. The molecule has 1 rings (SSSR count). The lowest BCUT2D eigenvalue weighted by molar-refractivity contribution is 0.356. The van der Waals surface area contributed by atoms with Gasteiger partial charge in [0.1, 0.15) is 11.1 Å². The van der Waals surface area contributed by atoms with Gasteiger partial charge in [0.25, 0.3) is 0 Å². The van der Waals surface area contributed by atoms with Crippen molar-refractivity contribution in [1.82, 2.24) is 0 Å². The molecule has 5 heteroatoms. The highest BCUT2D eigenvalue weighted by Crippen LogP contribution is 2.36. The Balaban J connectivity index is 3.12. The summed E-state index contributed by atoms with van der Waals surface area (Å²) in [5.74, 6) is 0.186. The molecule has 71 valence electrons. The van der Waals surface area contributed by atoms with E-state index in [1.807, 2.05) is 0 Å².